The van der Waals surface area contributed by atoms with Gasteiger partial charge in [-0.15, -0.1) is 0 Å². The number of fused-ring (bicyclic) bond motifs is 2. The average Bonchev–Trinajstić information content (AvgIpc) is 3.39. The average molecular weight is 386 g/mol. The van der Waals surface area contributed by atoms with E-state index in [9.17, 15) is 4.79 Å². The van der Waals surface area contributed by atoms with Crippen molar-refractivity contribution in [1.82, 2.24) is 28.9 Å². The van der Waals surface area contributed by atoms with Crippen LogP contribution in [0.2, 0.25) is 0 Å². The molecule has 7 nitrogen and oxygen atoms in total. The van der Waals surface area contributed by atoms with Crippen molar-refractivity contribution in [2.45, 2.75) is 44.7 Å². The van der Waals surface area contributed by atoms with Crippen molar-refractivity contribution in [3.05, 3.63) is 53.0 Å². The third-order valence-corrected chi connectivity index (χ3v) is 6.32. The first-order chi connectivity index (χ1) is 14.2. The van der Waals surface area contributed by atoms with Gasteiger partial charge in [0.05, 0.1) is 29.0 Å². The van der Waals surface area contributed by atoms with Crippen LogP contribution in [0.25, 0.3) is 33.5 Å². The molecule has 1 aliphatic heterocycles. The minimum atomic E-state index is -0.0335. The van der Waals surface area contributed by atoms with Crippen LogP contribution in [0.15, 0.2) is 41.6 Å². The predicted molar refractivity (Wildman–Crippen MR) is 111 cm³/mol. The zero-order chi connectivity index (χ0) is 19.5. The van der Waals surface area contributed by atoms with Crippen LogP contribution in [0.3, 0.4) is 0 Å². The maximum atomic E-state index is 12.6. The van der Waals surface area contributed by atoms with Gasteiger partial charge in [0.15, 0.2) is 0 Å². The van der Waals surface area contributed by atoms with Crippen molar-refractivity contribution in [2.75, 3.05) is 0 Å². The Kier molecular flexibility index (Phi) is 3.54. The fourth-order valence-corrected chi connectivity index (χ4v) is 4.47. The fraction of sp³-hybridized carbons (Fsp3) is 0.364. The SMILES string of the molecule is Cn1cnc2ccc(-c3c(-c4ccn(C5CCC5)n4)nc4n3CCC4)cc2c1=O. The predicted octanol–water partition coefficient (Wildman–Crippen LogP) is 3.33. The summed E-state index contributed by atoms with van der Waals surface area (Å²) in [5.41, 5.74) is 4.56. The number of imidazole rings is 1. The second-order valence-electron chi connectivity index (χ2n) is 8.14. The first-order valence-corrected chi connectivity index (χ1v) is 10.3. The van der Waals surface area contributed by atoms with Gasteiger partial charge < -0.3 is 9.13 Å². The molecule has 1 fully saturated rings. The summed E-state index contributed by atoms with van der Waals surface area (Å²) >= 11 is 0. The van der Waals surface area contributed by atoms with Gasteiger partial charge in [0.25, 0.3) is 5.56 Å². The van der Waals surface area contributed by atoms with Gasteiger partial charge >= 0.3 is 0 Å². The molecule has 0 spiro atoms. The molecule has 0 amide bonds. The van der Waals surface area contributed by atoms with E-state index in [4.69, 9.17) is 10.1 Å². The highest BCUT2D eigenvalue weighted by Gasteiger charge is 2.26. The van der Waals surface area contributed by atoms with Gasteiger partial charge in [0.2, 0.25) is 0 Å². The van der Waals surface area contributed by atoms with E-state index in [0.29, 0.717) is 16.9 Å². The summed E-state index contributed by atoms with van der Waals surface area (Å²) < 4.78 is 5.90. The summed E-state index contributed by atoms with van der Waals surface area (Å²) in [7, 11) is 1.73. The maximum absolute atomic E-state index is 12.6. The Balaban J connectivity index is 1.54. The molecule has 0 unspecified atom stereocenters. The van der Waals surface area contributed by atoms with Gasteiger partial charge in [0, 0.05) is 31.8 Å². The molecule has 3 aromatic heterocycles. The van der Waals surface area contributed by atoms with Crippen molar-refractivity contribution in [3.63, 3.8) is 0 Å². The van der Waals surface area contributed by atoms with Crippen LogP contribution in [-0.2, 0) is 20.0 Å². The quantitative estimate of drug-likeness (QED) is 0.541. The normalized spacial score (nSPS) is 16.3. The maximum Gasteiger partial charge on any atom is 0.260 e. The highest BCUT2D eigenvalue weighted by Crippen LogP contribution is 2.37. The number of benzene rings is 1. The lowest BCUT2D eigenvalue weighted by molar-refractivity contribution is 0.290. The standard InChI is InChI=1S/C22H22N6O/c1-26-13-23-17-8-7-14(12-16(17)22(26)29)21-20(24-19-6-3-10-27(19)21)18-9-11-28(25-18)15-4-2-5-15/h7-9,11-13,15H,2-6,10H2,1H3. The second kappa shape index (κ2) is 6.14. The number of aromatic nitrogens is 6. The third kappa shape index (κ3) is 2.50. The van der Waals surface area contributed by atoms with Crippen molar-refractivity contribution in [1.29, 1.82) is 0 Å². The zero-order valence-electron chi connectivity index (χ0n) is 16.4. The highest BCUT2D eigenvalue weighted by atomic mass is 16.1. The molecule has 4 heterocycles. The van der Waals surface area contributed by atoms with E-state index in [1.165, 1.54) is 23.8 Å². The lowest BCUT2D eigenvalue weighted by atomic mass is 9.93. The molecule has 0 atom stereocenters. The van der Waals surface area contributed by atoms with Crippen LogP contribution in [0.4, 0.5) is 0 Å². The summed E-state index contributed by atoms with van der Waals surface area (Å²) in [6, 6.07) is 8.53. The van der Waals surface area contributed by atoms with E-state index >= 15 is 0 Å². The minimum absolute atomic E-state index is 0.0335. The molecule has 4 aromatic rings. The van der Waals surface area contributed by atoms with Crippen molar-refractivity contribution in [3.8, 4) is 22.6 Å². The number of hydrogen-bond donors (Lipinski definition) is 0. The topological polar surface area (TPSA) is 70.5 Å². The largest absolute Gasteiger partial charge is 0.327 e. The monoisotopic (exact) mass is 386 g/mol. The molecule has 146 valence electrons. The Labute approximate surface area is 167 Å². The third-order valence-electron chi connectivity index (χ3n) is 6.32. The highest BCUT2D eigenvalue weighted by molar-refractivity contribution is 5.86. The Bertz CT molecular complexity index is 1310. The van der Waals surface area contributed by atoms with Gasteiger partial charge in [-0.25, -0.2) is 9.97 Å². The van der Waals surface area contributed by atoms with Crippen LogP contribution in [-0.4, -0.2) is 28.9 Å². The van der Waals surface area contributed by atoms with Crippen LogP contribution < -0.4 is 5.56 Å². The molecule has 7 heteroatoms. The van der Waals surface area contributed by atoms with Crippen molar-refractivity contribution < 1.29 is 0 Å². The van der Waals surface area contributed by atoms with Crippen LogP contribution in [0.5, 0.6) is 0 Å². The molecule has 0 saturated heterocycles. The first-order valence-electron chi connectivity index (χ1n) is 10.3. The summed E-state index contributed by atoms with van der Waals surface area (Å²) in [4.78, 5) is 22.0. The first kappa shape index (κ1) is 16.7. The Hall–Kier alpha value is -3.22. The molecule has 1 saturated carbocycles. The molecular formula is C22H22N6O. The van der Waals surface area contributed by atoms with E-state index < -0.39 is 0 Å². The summed E-state index contributed by atoms with van der Waals surface area (Å²) in [6.45, 7) is 0.948. The molecule has 0 radical (unpaired) electrons. The summed E-state index contributed by atoms with van der Waals surface area (Å²) in [5, 5.41) is 5.49. The Morgan fingerprint density at radius 2 is 2.03 bits per heavy atom. The molecule has 6 rings (SSSR count). The van der Waals surface area contributed by atoms with E-state index in [-0.39, 0.29) is 5.56 Å². The van der Waals surface area contributed by atoms with Crippen LogP contribution >= 0.6 is 0 Å². The number of rotatable bonds is 3. The van der Waals surface area contributed by atoms with Crippen molar-refractivity contribution >= 4 is 10.9 Å². The van der Waals surface area contributed by atoms with Crippen LogP contribution in [0.1, 0.15) is 37.5 Å². The molecule has 1 aromatic carbocycles. The Morgan fingerprint density at radius 1 is 1.14 bits per heavy atom. The van der Waals surface area contributed by atoms with Gasteiger partial charge in [-0.3, -0.25) is 9.48 Å². The number of aryl methyl sites for hydroxylation is 2. The van der Waals surface area contributed by atoms with E-state index in [1.54, 1.807) is 13.4 Å². The van der Waals surface area contributed by atoms with Gasteiger partial charge in [-0.1, -0.05) is 6.07 Å². The van der Waals surface area contributed by atoms with Gasteiger partial charge in [-0.2, -0.15) is 5.10 Å². The lowest BCUT2D eigenvalue weighted by Gasteiger charge is -2.25. The zero-order valence-corrected chi connectivity index (χ0v) is 16.4. The smallest absolute Gasteiger partial charge is 0.260 e. The van der Waals surface area contributed by atoms with Gasteiger partial charge in [0.1, 0.15) is 17.2 Å². The summed E-state index contributed by atoms with van der Waals surface area (Å²) in [6.07, 6.45) is 9.41. The fourth-order valence-electron chi connectivity index (χ4n) is 4.47. The van der Waals surface area contributed by atoms with Gasteiger partial charge in [-0.05, 0) is 43.9 Å². The lowest BCUT2D eigenvalue weighted by Crippen LogP contribution is -2.17. The van der Waals surface area contributed by atoms with E-state index in [1.807, 2.05) is 18.2 Å². The molecule has 0 N–H and O–H groups in total. The molecule has 0 bridgehead atoms. The molecular weight excluding hydrogens is 364 g/mol. The van der Waals surface area contributed by atoms with Crippen LogP contribution in [0, 0.1) is 0 Å². The van der Waals surface area contributed by atoms with E-state index in [0.717, 1.165) is 47.9 Å². The Morgan fingerprint density at radius 3 is 2.86 bits per heavy atom. The second-order valence-corrected chi connectivity index (χ2v) is 8.14. The molecule has 29 heavy (non-hydrogen) atoms. The number of hydrogen-bond acceptors (Lipinski definition) is 4. The van der Waals surface area contributed by atoms with Crippen molar-refractivity contribution in [2.24, 2.45) is 7.05 Å². The molecule has 1 aliphatic carbocycles. The summed E-state index contributed by atoms with van der Waals surface area (Å²) in [5.74, 6) is 1.10. The number of nitrogens with zero attached hydrogens (tertiary/aromatic N) is 6. The van der Waals surface area contributed by atoms with E-state index in [2.05, 4.69) is 26.5 Å². The molecule has 2 aliphatic rings. The minimum Gasteiger partial charge on any atom is -0.327 e.